The Balaban J connectivity index is 2.23. The zero-order valence-electron chi connectivity index (χ0n) is 10.9. The lowest BCUT2D eigenvalue weighted by molar-refractivity contribution is 0.281. The van der Waals surface area contributed by atoms with Gasteiger partial charge in [0.2, 0.25) is 10.0 Å². The second kappa shape index (κ2) is 5.62. The van der Waals surface area contributed by atoms with Crippen molar-refractivity contribution in [3.05, 3.63) is 24.3 Å². The molecule has 1 aliphatic heterocycles. The third kappa shape index (κ3) is 3.17. The van der Waals surface area contributed by atoms with Gasteiger partial charge in [-0.3, -0.25) is 0 Å². The monoisotopic (exact) mass is 283 g/mol. The summed E-state index contributed by atoms with van der Waals surface area (Å²) >= 11 is 0. The molecule has 7 heteroatoms. The summed E-state index contributed by atoms with van der Waals surface area (Å²) in [5.41, 5.74) is 0.283. The zero-order valence-corrected chi connectivity index (χ0v) is 11.7. The predicted molar refractivity (Wildman–Crippen MR) is 73.4 cm³/mol. The van der Waals surface area contributed by atoms with Gasteiger partial charge in [0.1, 0.15) is 0 Å². The van der Waals surface area contributed by atoms with Gasteiger partial charge in [-0.1, -0.05) is 19.1 Å². The van der Waals surface area contributed by atoms with Crippen molar-refractivity contribution in [3.8, 4) is 0 Å². The quantitative estimate of drug-likeness (QED) is 0.752. The van der Waals surface area contributed by atoms with Crippen LogP contribution in [-0.4, -0.2) is 43.0 Å². The zero-order chi connectivity index (χ0) is 14.0. The first-order valence-corrected chi connectivity index (χ1v) is 7.81. The van der Waals surface area contributed by atoms with Crippen molar-refractivity contribution in [3.63, 3.8) is 0 Å². The molecule has 2 N–H and O–H groups in total. The summed E-state index contributed by atoms with van der Waals surface area (Å²) in [6, 6.07) is 5.68. The first kappa shape index (κ1) is 14.5. The van der Waals surface area contributed by atoms with Gasteiger partial charge in [-0.15, -0.1) is 0 Å². The van der Waals surface area contributed by atoms with Gasteiger partial charge in [-0.25, -0.2) is 8.42 Å². The third-order valence-corrected chi connectivity index (χ3v) is 5.32. The minimum absolute atomic E-state index is 0.200. The fourth-order valence-corrected chi connectivity index (χ4v) is 3.92. The number of nitrogens with zero attached hydrogens (tertiary/aromatic N) is 1. The summed E-state index contributed by atoms with van der Waals surface area (Å²) in [4.78, 5) is 0.200. The van der Waals surface area contributed by atoms with Crippen LogP contribution in [0.25, 0.3) is 0 Å². The van der Waals surface area contributed by atoms with Crippen LogP contribution in [0.15, 0.2) is 29.2 Å². The van der Waals surface area contributed by atoms with Crippen LogP contribution in [0.4, 0.5) is 0 Å². The first-order chi connectivity index (χ1) is 8.91. The molecule has 0 aromatic heterocycles. The highest BCUT2D eigenvalue weighted by molar-refractivity contribution is 7.89. The van der Waals surface area contributed by atoms with E-state index in [4.69, 9.17) is 10.0 Å². The second-order valence-corrected chi connectivity index (χ2v) is 6.99. The van der Waals surface area contributed by atoms with E-state index in [2.05, 4.69) is 0 Å². The van der Waals surface area contributed by atoms with E-state index in [0.29, 0.717) is 19.0 Å². The number of hydrogen-bond acceptors (Lipinski definition) is 4. The summed E-state index contributed by atoms with van der Waals surface area (Å²) < 4.78 is 26.3. The molecule has 2 rings (SSSR count). The van der Waals surface area contributed by atoms with Gasteiger partial charge in [0, 0.05) is 13.1 Å². The molecule has 1 aliphatic rings. The van der Waals surface area contributed by atoms with Gasteiger partial charge in [0.15, 0.2) is 0 Å². The minimum Gasteiger partial charge on any atom is -0.423 e. The van der Waals surface area contributed by atoms with Gasteiger partial charge in [0.25, 0.3) is 0 Å². The maximum Gasteiger partial charge on any atom is 0.488 e. The number of hydrogen-bond donors (Lipinski definition) is 2. The Morgan fingerprint density at radius 2 is 1.89 bits per heavy atom. The average molecular weight is 283 g/mol. The largest absolute Gasteiger partial charge is 0.488 e. The Hall–Kier alpha value is -0.885. The SMILES string of the molecule is C[C@H]1CCCN(S(=O)(=O)c2ccc(B(O)O)cc2)C1. The molecule has 1 saturated heterocycles. The number of sulfonamides is 1. The molecule has 0 saturated carbocycles. The van der Waals surface area contributed by atoms with E-state index in [-0.39, 0.29) is 10.4 Å². The van der Waals surface area contributed by atoms with E-state index in [1.165, 1.54) is 28.6 Å². The fourth-order valence-electron chi connectivity index (χ4n) is 2.33. The maximum absolute atomic E-state index is 12.4. The number of benzene rings is 1. The summed E-state index contributed by atoms with van der Waals surface area (Å²) in [5, 5.41) is 18.0. The molecule has 1 heterocycles. The summed E-state index contributed by atoms with van der Waals surface area (Å²) in [5.74, 6) is 0.377. The van der Waals surface area contributed by atoms with Crippen LogP contribution in [0.5, 0.6) is 0 Å². The lowest BCUT2D eigenvalue weighted by atomic mass is 9.81. The molecule has 0 unspecified atom stereocenters. The van der Waals surface area contributed by atoms with Crippen LogP contribution in [0.3, 0.4) is 0 Å². The van der Waals surface area contributed by atoms with E-state index in [1.807, 2.05) is 6.92 Å². The van der Waals surface area contributed by atoms with Gasteiger partial charge in [0.05, 0.1) is 4.90 Å². The minimum atomic E-state index is -3.47. The highest BCUT2D eigenvalue weighted by atomic mass is 32.2. The molecule has 1 atom stereocenters. The maximum atomic E-state index is 12.4. The Kier molecular flexibility index (Phi) is 4.30. The highest BCUT2D eigenvalue weighted by Crippen LogP contribution is 2.22. The fraction of sp³-hybridized carbons (Fsp3) is 0.500. The van der Waals surface area contributed by atoms with E-state index in [0.717, 1.165) is 12.8 Å². The molecule has 0 radical (unpaired) electrons. The third-order valence-electron chi connectivity index (χ3n) is 3.44. The number of piperidine rings is 1. The van der Waals surface area contributed by atoms with Crippen molar-refractivity contribution in [2.45, 2.75) is 24.7 Å². The molecule has 0 amide bonds. The second-order valence-electron chi connectivity index (χ2n) is 5.05. The molecule has 1 aromatic rings. The van der Waals surface area contributed by atoms with Gasteiger partial charge in [-0.05, 0) is 36.4 Å². The van der Waals surface area contributed by atoms with E-state index in [1.54, 1.807) is 0 Å². The Labute approximate surface area is 114 Å². The molecular weight excluding hydrogens is 265 g/mol. The van der Waals surface area contributed by atoms with Gasteiger partial charge >= 0.3 is 7.12 Å². The molecule has 19 heavy (non-hydrogen) atoms. The molecule has 0 spiro atoms. The average Bonchev–Trinajstić information content (AvgIpc) is 2.39. The van der Waals surface area contributed by atoms with Crippen molar-refractivity contribution < 1.29 is 18.5 Å². The predicted octanol–water partition coefficient (Wildman–Crippen LogP) is -0.213. The standard InChI is InChI=1S/C12H18BNO4S/c1-10-3-2-8-14(9-10)19(17,18)12-6-4-11(5-7-12)13(15)16/h4-7,10,15-16H,2-3,8-9H2,1H3/t10-/m0/s1. The van der Waals surface area contributed by atoms with Crippen molar-refractivity contribution in [2.75, 3.05) is 13.1 Å². The van der Waals surface area contributed by atoms with E-state index >= 15 is 0 Å². The van der Waals surface area contributed by atoms with Crippen molar-refractivity contribution in [2.24, 2.45) is 5.92 Å². The molecule has 5 nitrogen and oxygen atoms in total. The first-order valence-electron chi connectivity index (χ1n) is 6.37. The van der Waals surface area contributed by atoms with Crippen LogP contribution in [-0.2, 0) is 10.0 Å². The van der Waals surface area contributed by atoms with E-state index < -0.39 is 17.1 Å². The topological polar surface area (TPSA) is 77.8 Å². The Bertz CT molecular complexity index is 529. The summed E-state index contributed by atoms with van der Waals surface area (Å²) in [7, 11) is -5.04. The van der Waals surface area contributed by atoms with E-state index in [9.17, 15) is 8.42 Å². The smallest absolute Gasteiger partial charge is 0.423 e. The normalized spacial score (nSPS) is 21.3. The van der Waals surface area contributed by atoms with Crippen molar-refractivity contribution in [1.82, 2.24) is 4.31 Å². The van der Waals surface area contributed by atoms with Crippen LogP contribution in [0.1, 0.15) is 19.8 Å². The van der Waals surface area contributed by atoms with Crippen LogP contribution in [0, 0.1) is 5.92 Å². The molecule has 1 aromatic carbocycles. The van der Waals surface area contributed by atoms with Crippen LogP contribution < -0.4 is 5.46 Å². The van der Waals surface area contributed by atoms with Crippen molar-refractivity contribution >= 4 is 22.6 Å². The lowest BCUT2D eigenvalue weighted by Crippen LogP contribution is -2.39. The summed E-state index contributed by atoms with van der Waals surface area (Å²) in [6.45, 7) is 3.15. The van der Waals surface area contributed by atoms with Crippen LogP contribution >= 0.6 is 0 Å². The van der Waals surface area contributed by atoms with Crippen molar-refractivity contribution in [1.29, 1.82) is 0 Å². The molecular formula is C12H18BNO4S. The molecule has 104 valence electrons. The molecule has 0 bridgehead atoms. The molecule has 1 fully saturated rings. The highest BCUT2D eigenvalue weighted by Gasteiger charge is 2.28. The van der Waals surface area contributed by atoms with Crippen LogP contribution in [0.2, 0.25) is 0 Å². The number of rotatable bonds is 3. The van der Waals surface area contributed by atoms with Gasteiger partial charge in [-0.2, -0.15) is 4.31 Å². The molecule has 0 aliphatic carbocycles. The van der Waals surface area contributed by atoms with Gasteiger partial charge < -0.3 is 10.0 Å². The Morgan fingerprint density at radius 1 is 1.26 bits per heavy atom. The lowest BCUT2D eigenvalue weighted by Gasteiger charge is -2.30. The summed E-state index contributed by atoms with van der Waals surface area (Å²) in [6.07, 6.45) is 1.94. The Morgan fingerprint density at radius 3 is 2.42 bits per heavy atom.